The number of nitrogens with zero attached hydrogens (tertiary/aromatic N) is 1. The summed E-state index contributed by atoms with van der Waals surface area (Å²) in [5.41, 5.74) is 0.726. The Morgan fingerprint density at radius 2 is 1.94 bits per heavy atom. The molecule has 0 atom stereocenters. The van der Waals surface area contributed by atoms with Gasteiger partial charge in [0.2, 0.25) is 5.91 Å². The van der Waals surface area contributed by atoms with Crippen molar-refractivity contribution in [1.82, 2.24) is 15.6 Å². The van der Waals surface area contributed by atoms with E-state index < -0.39 is 21.7 Å². The van der Waals surface area contributed by atoms with Crippen LogP contribution in [0.4, 0.5) is 14.3 Å². The molecule has 0 spiro atoms. The number of sulfone groups is 1. The number of aryl methyl sites for hydroxylation is 1. The van der Waals surface area contributed by atoms with Gasteiger partial charge in [-0.2, -0.15) is 0 Å². The largest absolute Gasteiger partial charge is 0.351 e. The topological polar surface area (TPSA) is 117 Å². The molecule has 0 unspecified atom stereocenters. The molecule has 3 amide bonds. The minimum Gasteiger partial charge on any atom is -0.351 e. The predicted molar refractivity (Wildman–Crippen MR) is 120 cm³/mol. The van der Waals surface area contributed by atoms with Crippen LogP contribution in [-0.4, -0.2) is 43.7 Å². The summed E-state index contributed by atoms with van der Waals surface area (Å²) in [4.78, 5) is 28.5. The van der Waals surface area contributed by atoms with E-state index in [1.807, 2.05) is 20.8 Å². The van der Waals surface area contributed by atoms with Gasteiger partial charge >= 0.3 is 6.03 Å². The minimum absolute atomic E-state index is 0.144. The zero-order valence-corrected chi connectivity index (χ0v) is 19.8. The fourth-order valence-electron chi connectivity index (χ4n) is 2.62. The van der Waals surface area contributed by atoms with Gasteiger partial charge in [-0.05, 0) is 44.9 Å². The summed E-state index contributed by atoms with van der Waals surface area (Å²) >= 11 is 1.14. The number of nitrogens with one attached hydrogen (secondary N) is 3. The highest BCUT2D eigenvalue weighted by atomic mass is 32.2. The van der Waals surface area contributed by atoms with Crippen LogP contribution in [0, 0.1) is 12.7 Å². The number of benzene rings is 1. The lowest BCUT2D eigenvalue weighted by Gasteiger charge is -2.24. The zero-order valence-electron chi connectivity index (χ0n) is 18.1. The van der Waals surface area contributed by atoms with E-state index in [-0.39, 0.29) is 29.3 Å². The monoisotopic (exact) mass is 470 g/mol. The molecule has 2 rings (SSSR count). The van der Waals surface area contributed by atoms with Crippen molar-refractivity contribution < 1.29 is 22.4 Å². The number of amides is 3. The Kier molecular flexibility index (Phi) is 7.77. The first-order valence-electron chi connectivity index (χ1n) is 9.65. The van der Waals surface area contributed by atoms with Gasteiger partial charge in [0.05, 0.1) is 10.6 Å². The normalized spacial score (nSPS) is 11.8. The number of hydrogen-bond acceptors (Lipinski definition) is 6. The van der Waals surface area contributed by atoms with E-state index in [0.29, 0.717) is 21.3 Å². The summed E-state index contributed by atoms with van der Waals surface area (Å²) in [6.07, 6.45) is 1.88. The number of thiazole rings is 1. The van der Waals surface area contributed by atoms with Crippen LogP contribution in [0.25, 0.3) is 10.4 Å². The van der Waals surface area contributed by atoms with E-state index in [9.17, 15) is 22.4 Å². The van der Waals surface area contributed by atoms with Gasteiger partial charge in [-0.1, -0.05) is 24.3 Å². The molecule has 170 valence electrons. The van der Waals surface area contributed by atoms with Crippen LogP contribution < -0.4 is 16.0 Å². The number of hydrogen-bond donors (Lipinski definition) is 3. The van der Waals surface area contributed by atoms with Crippen molar-refractivity contribution in [3.05, 3.63) is 29.7 Å². The van der Waals surface area contributed by atoms with Crippen LogP contribution in [-0.2, 0) is 14.6 Å². The number of anilines is 1. The smallest absolute Gasteiger partial charge is 0.321 e. The molecule has 0 saturated heterocycles. The number of halogens is 1. The maximum atomic E-state index is 14.2. The maximum absolute atomic E-state index is 14.2. The van der Waals surface area contributed by atoms with Gasteiger partial charge in [-0.15, -0.1) is 0 Å². The minimum atomic E-state index is -3.66. The number of urea groups is 1. The Morgan fingerprint density at radius 1 is 1.26 bits per heavy atom. The number of rotatable bonds is 8. The van der Waals surface area contributed by atoms with Crippen LogP contribution in [0.3, 0.4) is 0 Å². The summed E-state index contributed by atoms with van der Waals surface area (Å²) in [6.45, 7) is 7.69. The van der Waals surface area contributed by atoms with Gasteiger partial charge in [0, 0.05) is 24.8 Å². The van der Waals surface area contributed by atoms with Crippen LogP contribution in [0.2, 0.25) is 0 Å². The molecule has 0 fully saturated rings. The first-order valence-corrected chi connectivity index (χ1v) is 12.4. The van der Waals surface area contributed by atoms with Crippen LogP contribution in [0.15, 0.2) is 23.1 Å². The van der Waals surface area contributed by atoms with Crippen molar-refractivity contribution in [3.63, 3.8) is 0 Å². The summed E-state index contributed by atoms with van der Waals surface area (Å²) in [7, 11) is -3.66. The van der Waals surface area contributed by atoms with E-state index in [4.69, 9.17) is 0 Å². The second kappa shape index (κ2) is 9.73. The fraction of sp³-hybridized carbons (Fsp3) is 0.450. The Balaban J connectivity index is 1.98. The van der Waals surface area contributed by atoms with Crippen molar-refractivity contribution in [2.45, 2.75) is 51.0 Å². The van der Waals surface area contributed by atoms with Crippen molar-refractivity contribution in [2.24, 2.45) is 0 Å². The molecular weight excluding hydrogens is 443 g/mol. The SMILES string of the molecule is CCC(C)(C)NC(=O)CCNC(=O)Nc1nc(C)c(-c2ccc(S(C)(=O)=O)c(F)c2)s1. The quantitative estimate of drug-likeness (QED) is 0.546. The maximum Gasteiger partial charge on any atom is 0.321 e. The van der Waals surface area contributed by atoms with Gasteiger partial charge in [0.25, 0.3) is 0 Å². The second-order valence-corrected chi connectivity index (χ2v) is 10.8. The van der Waals surface area contributed by atoms with Crippen LogP contribution in [0.1, 0.15) is 39.3 Å². The first kappa shape index (κ1) is 24.7. The Bertz CT molecular complexity index is 1080. The molecule has 31 heavy (non-hydrogen) atoms. The molecule has 0 radical (unpaired) electrons. The van der Waals surface area contributed by atoms with Crippen molar-refractivity contribution in [2.75, 3.05) is 18.1 Å². The lowest BCUT2D eigenvalue weighted by molar-refractivity contribution is -0.122. The molecule has 8 nitrogen and oxygen atoms in total. The third-order valence-corrected chi connectivity index (χ3v) is 6.86. The number of carbonyl (C=O) groups excluding carboxylic acids is 2. The average molecular weight is 471 g/mol. The molecule has 2 aromatic rings. The third kappa shape index (κ3) is 7.00. The Hall–Kier alpha value is -2.53. The highest BCUT2D eigenvalue weighted by Gasteiger charge is 2.19. The van der Waals surface area contributed by atoms with Gasteiger partial charge in [0.15, 0.2) is 15.0 Å². The molecule has 0 bridgehead atoms. The second-order valence-electron chi connectivity index (χ2n) is 7.77. The van der Waals surface area contributed by atoms with Crippen LogP contribution in [0.5, 0.6) is 0 Å². The average Bonchev–Trinajstić information content (AvgIpc) is 3.00. The number of carbonyl (C=O) groups is 2. The van der Waals surface area contributed by atoms with Crippen molar-refractivity contribution in [1.29, 1.82) is 0 Å². The molecule has 0 aliphatic heterocycles. The van der Waals surface area contributed by atoms with Crippen molar-refractivity contribution in [3.8, 4) is 10.4 Å². The molecule has 1 heterocycles. The van der Waals surface area contributed by atoms with E-state index in [1.165, 1.54) is 12.1 Å². The fourth-order valence-corrected chi connectivity index (χ4v) is 4.31. The molecule has 1 aromatic heterocycles. The molecule has 1 aromatic carbocycles. The van der Waals surface area contributed by atoms with Gasteiger partial charge < -0.3 is 10.6 Å². The van der Waals surface area contributed by atoms with Gasteiger partial charge in [-0.25, -0.2) is 22.6 Å². The first-order chi connectivity index (χ1) is 14.3. The number of aromatic nitrogens is 1. The van der Waals surface area contributed by atoms with Gasteiger partial charge in [0.1, 0.15) is 10.7 Å². The summed E-state index contributed by atoms with van der Waals surface area (Å²) in [5.74, 6) is -0.997. The zero-order chi connectivity index (χ0) is 23.4. The summed E-state index contributed by atoms with van der Waals surface area (Å²) in [6, 6.07) is 3.34. The standard InChI is InChI=1S/C20H27FN4O4S2/c1-6-20(3,4)25-16(26)9-10-22-18(27)24-19-23-12(2)17(30-19)13-7-8-15(14(21)11-13)31(5,28)29/h7-8,11H,6,9-10H2,1-5H3,(H,25,26)(H2,22,23,24,27). The summed E-state index contributed by atoms with van der Waals surface area (Å²) < 4.78 is 37.4. The van der Waals surface area contributed by atoms with E-state index >= 15 is 0 Å². The highest BCUT2D eigenvalue weighted by molar-refractivity contribution is 7.90. The molecule has 0 saturated carbocycles. The summed E-state index contributed by atoms with van der Waals surface area (Å²) in [5, 5.41) is 8.38. The van der Waals surface area contributed by atoms with E-state index in [2.05, 4.69) is 20.9 Å². The third-order valence-electron chi connectivity index (χ3n) is 4.61. The molecule has 0 aliphatic carbocycles. The lowest BCUT2D eigenvalue weighted by Crippen LogP contribution is -2.44. The van der Waals surface area contributed by atoms with Gasteiger partial charge in [-0.3, -0.25) is 10.1 Å². The Labute approximate surface area is 185 Å². The molecular formula is C20H27FN4O4S2. The van der Waals surface area contributed by atoms with E-state index in [0.717, 1.165) is 30.1 Å². The predicted octanol–water partition coefficient (Wildman–Crippen LogP) is 3.48. The van der Waals surface area contributed by atoms with Crippen molar-refractivity contribution >= 4 is 38.2 Å². The molecule has 0 aliphatic rings. The van der Waals surface area contributed by atoms with E-state index in [1.54, 1.807) is 6.92 Å². The molecule has 11 heteroatoms. The molecule has 3 N–H and O–H groups in total. The van der Waals surface area contributed by atoms with Crippen LogP contribution >= 0.6 is 11.3 Å². The Morgan fingerprint density at radius 3 is 2.52 bits per heavy atom. The lowest BCUT2D eigenvalue weighted by atomic mass is 10.0. The highest BCUT2D eigenvalue weighted by Crippen LogP contribution is 2.34.